The maximum atomic E-state index is 12.7. The van der Waals surface area contributed by atoms with Crippen molar-refractivity contribution in [1.82, 2.24) is 10.2 Å². The Bertz CT molecular complexity index is 1130. The van der Waals surface area contributed by atoms with Crippen molar-refractivity contribution in [3.63, 3.8) is 0 Å². The van der Waals surface area contributed by atoms with Crippen molar-refractivity contribution in [3.05, 3.63) is 63.7 Å². The van der Waals surface area contributed by atoms with Gasteiger partial charge in [-0.15, -0.1) is 11.8 Å². The van der Waals surface area contributed by atoms with Gasteiger partial charge in [0.1, 0.15) is 17.5 Å². The molecule has 1 aromatic rings. The van der Waals surface area contributed by atoms with Gasteiger partial charge in [0, 0.05) is 33.9 Å². The van der Waals surface area contributed by atoms with Crippen LogP contribution in [-0.2, 0) is 14.4 Å². The molecule has 2 fully saturated rings. The zero-order chi connectivity index (χ0) is 24.1. The average molecular weight is 471 g/mol. The molecule has 2 N–H and O–H groups in total. The summed E-state index contributed by atoms with van der Waals surface area (Å²) in [4.78, 5) is 61.0. The molecule has 0 saturated carbocycles. The van der Waals surface area contributed by atoms with Crippen LogP contribution in [0.1, 0.15) is 30.6 Å². The average Bonchev–Trinajstić information content (AvgIpc) is 3.04. The number of nitro groups is 1. The van der Waals surface area contributed by atoms with E-state index in [1.807, 2.05) is 0 Å². The number of β-lactam (4-membered cyclic amide) rings is 1. The maximum Gasteiger partial charge on any atom is 0.327 e. The number of carboxylic acid groups (broad SMARTS) is 1. The number of hydrogen-bond acceptors (Lipinski definition) is 7. The van der Waals surface area contributed by atoms with E-state index in [1.165, 1.54) is 47.0 Å². The summed E-state index contributed by atoms with van der Waals surface area (Å²) in [6.45, 7) is 3.52. The summed E-state index contributed by atoms with van der Waals surface area (Å²) in [5.41, 5.74) is 0.545. The van der Waals surface area contributed by atoms with Gasteiger partial charge in [-0.2, -0.15) is 0 Å². The standard InChI is InChI=1S/C22H21N3O7S/c1-22(2)17(21(29)30)24-19(28)15(20(24)33-22)23-18(27)13-5-3-11(4-6-13)16(26)12-7-9-14(10-8-12)25(31)32/h3,5-11,15,17,20H,4H2,1-2H3,(H,23,27)(H,29,30)/t11?,15-,17+,20-/m1/s1. The molecule has 0 spiro atoms. The number of rotatable bonds is 6. The summed E-state index contributed by atoms with van der Waals surface area (Å²) in [5.74, 6) is -2.69. The minimum atomic E-state index is -1.07. The van der Waals surface area contributed by atoms with Crippen LogP contribution in [0.3, 0.4) is 0 Å². The number of amides is 2. The van der Waals surface area contributed by atoms with E-state index in [2.05, 4.69) is 5.32 Å². The monoisotopic (exact) mass is 471 g/mol. The summed E-state index contributed by atoms with van der Waals surface area (Å²) in [6.07, 6.45) is 4.99. The lowest BCUT2D eigenvalue weighted by Gasteiger charge is -2.43. The number of aliphatic carboxylic acids is 1. The fraction of sp³-hybridized carbons (Fsp3) is 0.364. The van der Waals surface area contributed by atoms with Crippen molar-refractivity contribution in [2.24, 2.45) is 5.92 Å². The van der Waals surface area contributed by atoms with E-state index in [9.17, 15) is 34.4 Å². The van der Waals surface area contributed by atoms with Gasteiger partial charge in [0.25, 0.3) is 11.6 Å². The Labute approximate surface area is 192 Å². The van der Waals surface area contributed by atoms with Crippen molar-refractivity contribution in [3.8, 4) is 0 Å². The minimum absolute atomic E-state index is 0.104. The Morgan fingerprint density at radius 3 is 2.45 bits per heavy atom. The highest BCUT2D eigenvalue weighted by atomic mass is 32.2. The molecule has 172 valence electrons. The van der Waals surface area contributed by atoms with Crippen LogP contribution in [0.4, 0.5) is 5.69 Å². The Kier molecular flexibility index (Phi) is 5.61. The zero-order valence-electron chi connectivity index (χ0n) is 17.8. The first-order chi connectivity index (χ1) is 15.5. The van der Waals surface area contributed by atoms with Gasteiger partial charge in [0.05, 0.1) is 4.92 Å². The largest absolute Gasteiger partial charge is 0.480 e. The van der Waals surface area contributed by atoms with Crippen molar-refractivity contribution in [2.75, 3.05) is 0 Å². The molecule has 2 saturated heterocycles. The van der Waals surface area contributed by atoms with Crippen LogP contribution in [0, 0.1) is 16.0 Å². The molecule has 1 unspecified atom stereocenters. The Morgan fingerprint density at radius 1 is 1.24 bits per heavy atom. The number of carboxylic acids is 1. The van der Waals surface area contributed by atoms with Gasteiger partial charge < -0.3 is 15.3 Å². The first-order valence-corrected chi connectivity index (χ1v) is 11.1. The number of ketones is 1. The van der Waals surface area contributed by atoms with E-state index in [4.69, 9.17) is 0 Å². The van der Waals surface area contributed by atoms with Gasteiger partial charge >= 0.3 is 5.97 Å². The number of nitrogens with zero attached hydrogens (tertiary/aromatic N) is 2. The predicted octanol–water partition coefficient (Wildman–Crippen LogP) is 1.91. The molecule has 33 heavy (non-hydrogen) atoms. The van der Waals surface area contributed by atoms with Crippen LogP contribution >= 0.6 is 11.8 Å². The lowest BCUT2D eigenvalue weighted by Crippen LogP contribution is -2.70. The molecule has 10 nitrogen and oxygen atoms in total. The minimum Gasteiger partial charge on any atom is -0.480 e. The van der Waals surface area contributed by atoms with Crippen molar-refractivity contribution in [1.29, 1.82) is 0 Å². The molecule has 1 aliphatic carbocycles. The lowest BCUT2D eigenvalue weighted by atomic mass is 9.89. The van der Waals surface area contributed by atoms with Gasteiger partial charge in [-0.25, -0.2) is 4.79 Å². The number of carbonyl (C=O) groups excluding carboxylic acids is 3. The molecule has 0 bridgehead atoms. The van der Waals surface area contributed by atoms with Crippen LogP contribution < -0.4 is 5.32 Å². The summed E-state index contributed by atoms with van der Waals surface area (Å²) >= 11 is 1.34. The normalized spacial score (nSPS) is 27.3. The van der Waals surface area contributed by atoms with E-state index < -0.39 is 50.8 Å². The molecule has 3 aliphatic rings. The molecule has 2 heterocycles. The van der Waals surface area contributed by atoms with E-state index in [1.54, 1.807) is 26.0 Å². The highest BCUT2D eigenvalue weighted by Crippen LogP contribution is 2.50. The number of hydrogen-bond donors (Lipinski definition) is 2. The SMILES string of the molecule is CC1(C)S[C@@H]2[C@H](NC(=O)C3=CCC(C(=O)c4ccc([N+](=O)[O-])cc4)C=C3)C(=O)N2[C@H]1C(=O)O. The number of nitrogens with one attached hydrogen (secondary N) is 1. The Morgan fingerprint density at radius 2 is 1.91 bits per heavy atom. The highest BCUT2D eigenvalue weighted by Gasteiger charge is 2.64. The number of fused-ring (bicyclic) bond motifs is 1. The molecule has 1 aromatic carbocycles. The van der Waals surface area contributed by atoms with E-state index in [0.29, 0.717) is 11.1 Å². The molecule has 0 aromatic heterocycles. The van der Waals surface area contributed by atoms with Crippen LogP contribution in [0.15, 0.2) is 48.1 Å². The third kappa shape index (κ3) is 3.92. The van der Waals surface area contributed by atoms with Crippen LogP contribution in [-0.4, -0.2) is 60.7 Å². The third-order valence-electron chi connectivity index (χ3n) is 6.02. The number of benzene rings is 1. The molecule has 11 heteroatoms. The molecule has 2 aliphatic heterocycles. The Hall–Kier alpha value is -3.47. The van der Waals surface area contributed by atoms with Gasteiger partial charge in [0.2, 0.25) is 5.91 Å². The number of Topliss-reactive ketones (excluding diaryl/α,β-unsaturated/α-hetero) is 1. The summed E-state index contributed by atoms with van der Waals surface area (Å²) in [6, 6.07) is 3.58. The van der Waals surface area contributed by atoms with Crippen LogP contribution in [0.2, 0.25) is 0 Å². The first-order valence-electron chi connectivity index (χ1n) is 10.2. The van der Waals surface area contributed by atoms with Gasteiger partial charge in [-0.1, -0.05) is 18.2 Å². The molecule has 4 atom stereocenters. The topological polar surface area (TPSA) is 147 Å². The quantitative estimate of drug-likeness (QED) is 0.277. The number of non-ortho nitro benzene ring substituents is 1. The molecule has 2 amide bonds. The predicted molar refractivity (Wildman–Crippen MR) is 118 cm³/mol. The number of carbonyl (C=O) groups is 4. The second-order valence-corrected chi connectivity index (χ2v) is 10.3. The summed E-state index contributed by atoms with van der Waals surface area (Å²) < 4.78 is -0.679. The summed E-state index contributed by atoms with van der Waals surface area (Å²) in [5, 5.41) is 22.5. The smallest absolute Gasteiger partial charge is 0.327 e. The van der Waals surface area contributed by atoms with Gasteiger partial charge in [-0.3, -0.25) is 24.5 Å². The molecular weight excluding hydrogens is 450 g/mol. The number of thioether (sulfide) groups is 1. The fourth-order valence-electron chi connectivity index (χ4n) is 4.31. The van der Waals surface area contributed by atoms with Crippen molar-refractivity contribution < 1.29 is 29.2 Å². The fourth-order valence-corrected chi connectivity index (χ4v) is 5.94. The maximum absolute atomic E-state index is 12.7. The first kappa shape index (κ1) is 22.7. The van der Waals surface area contributed by atoms with E-state index >= 15 is 0 Å². The van der Waals surface area contributed by atoms with Gasteiger partial charge in [0.15, 0.2) is 5.78 Å². The molecule has 0 radical (unpaired) electrons. The second-order valence-electron chi connectivity index (χ2n) is 8.58. The highest BCUT2D eigenvalue weighted by molar-refractivity contribution is 8.01. The molecular formula is C22H21N3O7S. The van der Waals surface area contributed by atoms with Crippen LogP contribution in [0.25, 0.3) is 0 Å². The van der Waals surface area contributed by atoms with Gasteiger partial charge in [-0.05, 0) is 32.4 Å². The van der Waals surface area contributed by atoms with Crippen LogP contribution in [0.5, 0.6) is 0 Å². The van der Waals surface area contributed by atoms with E-state index in [-0.39, 0.29) is 17.9 Å². The third-order valence-corrected chi connectivity index (χ3v) is 7.59. The zero-order valence-corrected chi connectivity index (χ0v) is 18.6. The molecule has 4 rings (SSSR count). The number of allylic oxidation sites excluding steroid dienone is 2. The number of nitro benzene ring substituents is 1. The lowest BCUT2D eigenvalue weighted by molar-refractivity contribution is -0.384. The van der Waals surface area contributed by atoms with Crippen molar-refractivity contribution >= 4 is 41.0 Å². The Balaban J connectivity index is 1.37. The second kappa shape index (κ2) is 8.14. The summed E-state index contributed by atoms with van der Waals surface area (Å²) in [7, 11) is 0. The van der Waals surface area contributed by atoms with Crippen molar-refractivity contribution in [2.45, 2.75) is 42.5 Å². The van der Waals surface area contributed by atoms with E-state index in [0.717, 1.165) is 0 Å².